The molecule has 1 saturated carbocycles. The Morgan fingerprint density at radius 1 is 1.00 bits per heavy atom. The third-order valence-electron chi connectivity index (χ3n) is 7.31. The maximum absolute atomic E-state index is 13.4. The van der Waals surface area contributed by atoms with Crippen molar-refractivity contribution in [1.29, 1.82) is 0 Å². The van der Waals surface area contributed by atoms with Gasteiger partial charge < -0.3 is 15.5 Å². The van der Waals surface area contributed by atoms with Gasteiger partial charge in [0.15, 0.2) is 5.65 Å². The van der Waals surface area contributed by atoms with E-state index in [1.165, 1.54) is 12.1 Å². The third kappa shape index (κ3) is 5.11. The zero-order valence-corrected chi connectivity index (χ0v) is 22.3. The Kier molecular flexibility index (Phi) is 6.99. The third-order valence-corrected chi connectivity index (χ3v) is 7.31. The fraction of sp³-hybridized carbons (Fsp3) is 0.310. The monoisotopic (exact) mass is 550 g/mol. The van der Waals surface area contributed by atoms with Gasteiger partial charge in [-0.15, -0.1) is 0 Å². The molecule has 1 aliphatic carbocycles. The number of halogens is 3. The summed E-state index contributed by atoms with van der Waals surface area (Å²) in [6.45, 7) is 5.20. The minimum Gasteiger partial charge on any atom is -0.342 e. The summed E-state index contributed by atoms with van der Waals surface area (Å²) in [5.74, 6) is 0.0869. The topological polar surface area (TPSA) is 92.2 Å². The van der Waals surface area contributed by atoms with Crippen LogP contribution in [0, 0.1) is 0 Å². The molecule has 4 aromatic rings. The van der Waals surface area contributed by atoms with Crippen LogP contribution in [0.3, 0.4) is 0 Å². The standard InChI is InChI=1S/C29H29F3N6O2/c1-4-38(5-2)26(39)28(13-14-28)24-16-22(23-17-33-37(3)25(23)36-24)18-9-11-20(12-10-18)34-27(40)35-21-8-6-7-19(15-21)29(30,31)32/h6-12,15-17H,4-5,13-14H2,1-3H3,(H2,34,35,40). The van der Waals surface area contributed by atoms with Crippen LogP contribution in [0.4, 0.5) is 29.3 Å². The van der Waals surface area contributed by atoms with Crippen LogP contribution < -0.4 is 10.6 Å². The van der Waals surface area contributed by atoms with E-state index in [-0.39, 0.29) is 11.6 Å². The second-order valence-corrected chi connectivity index (χ2v) is 9.86. The van der Waals surface area contributed by atoms with Crippen LogP contribution in [0.1, 0.15) is 37.9 Å². The second-order valence-electron chi connectivity index (χ2n) is 9.86. The van der Waals surface area contributed by atoms with E-state index in [2.05, 4.69) is 15.7 Å². The van der Waals surface area contributed by atoms with E-state index >= 15 is 0 Å². The molecule has 208 valence electrons. The molecular weight excluding hydrogens is 521 g/mol. The number of aryl methyl sites for hydroxylation is 1. The average Bonchev–Trinajstić information content (AvgIpc) is 3.66. The summed E-state index contributed by atoms with van der Waals surface area (Å²) < 4.78 is 40.6. The van der Waals surface area contributed by atoms with Crippen molar-refractivity contribution in [2.45, 2.75) is 38.3 Å². The number of aromatic nitrogens is 3. The van der Waals surface area contributed by atoms with Crippen LogP contribution in [-0.2, 0) is 23.4 Å². The average molecular weight is 551 g/mol. The molecule has 0 radical (unpaired) electrons. The summed E-state index contributed by atoms with van der Waals surface area (Å²) in [7, 11) is 1.81. The number of likely N-dealkylation sites (N-methyl/N-ethyl adjacent to an activating group) is 1. The lowest BCUT2D eigenvalue weighted by molar-refractivity contribution is -0.137. The molecule has 40 heavy (non-hydrogen) atoms. The molecule has 0 saturated heterocycles. The van der Waals surface area contributed by atoms with Gasteiger partial charge in [-0.2, -0.15) is 18.3 Å². The Hall–Kier alpha value is -4.41. The highest BCUT2D eigenvalue weighted by molar-refractivity contribution is 6.00. The Morgan fingerprint density at radius 3 is 2.30 bits per heavy atom. The Bertz CT molecular complexity index is 1570. The van der Waals surface area contributed by atoms with Gasteiger partial charge in [-0.05, 0) is 74.2 Å². The van der Waals surface area contributed by atoms with Crippen LogP contribution in [0.2, 0.25) is 0 Å². The first-order valence-electron chi connectivity index (χ1n) is 13.0. The fourth-order valence-electron chi connectivity index (χ4n) is 4.92. The Morgan fingerprint density at radius 2 is 1.68 bits per heavy atom. The quantitative estimate of drug-likeness (QED) is 0.287. The number of hydrogen-bond acceptors (Lipinski definition) is 4. The van der Waals surface area contributed by atoms with Crippen molar-refractivity contribution < 1.29 is 22.8 Å². The largest absolute Gasteiger partial charge is 0.416 e. The molecule has 3 amide bonds. The molecule has 0 bridgehead atoms. The zero-order chi connectivity index (χ0) is 28.7. The number of urea groups is 1. The molecular formula is C29H29F3N6O2. The molecule has 0 aliphatic heterocycles. The summed E-state index contributed by atoms with van der Waals surface area (Å²) in [6, 6.07) is 12.8. The zero-order valence-electron chi connectivity index (χ0n) is 22.3. The number of nitrogens with zero attached hydrogens (tertiary/aromatic N) is 4. The Labute approximate surface area is 229 Å². The molecule has 0 spiro atoms. The number of benzene rings is 2. The second kappa shape index (κ2) is 10.3. The highest BCUT2D eigenvalue weighted by Crippen LogP contribution is 2.50. The van der Waals surface area contributed by atoms with Crippen molar-refractivity contribution in [1.82, 2.24) is 19.7 Å². The SMILES string of the molecule is CCN(CC)C(=O)C1(c2cc(-c3ccc(NC(=O)Nc4cccc(C(F)(F)F)c4)cc3)c3cnn(C)c3n2)CC1. The summed E-state index contributed by atoms with van der Waals surface area (Å²) in [6.07, 6.45) is -1.29. The van der Waals surface area contributed by atoms with Crippen molar-refractivity contribution >= 4 is 34.3 Å². The van der Waals surface area contributed by atoms with Crippen molar-refractivity contribution in [3.05, 3.63) is 72.1 Å². The molecule has 2 aromatic carbocycles. The van der Waals surface area contributed by atoms with Crippen LogP contribution >= 0.6 is 0 Å². The highest BCUT2D eigenvalue weighted by atomic mass is 19.4. The molecule has 11 heteroatoms. The number of fused-ring (bicyclic) bond motifs is 1. The van der Waals surface area contributed by atoms with Crippen LogP contribution in [0.5, 0.6) is 0 Å². The summed E-state index contributed by atoms with van der Waals surface area (Å²) in [4.78, 5) is 32.6. The van der Waals surface area contributed by atoms with Crippen molar-refractivity contribution in [3.8, 4) is 11.1 Å². The highest BCUT2D eigenvalue weighted by Gasteiger charge is 2.54. The first-order valence-corrected chi connectivity index (χ1v) is 13.0. The number of hydrogen-bond donors (Lipinski definition) is 2. The molecule has 5 rings (SSSR count). The first-order chi connectivity index (χ1) is 19.1. The van der Waals surface area contributed by atoms with Gasteiger partial charge in [0.2, 0.25) is 5.91 Å². The number of alkyl halides is 3. The first kappa shape index (κ1) is 27.2. The van der Waals surface area contributed by atoms with Crippen LogP contribution in [0.15, 0.2) is 60.8 Å². The van der Waals surface area contributed by atoms with Gasteiger partial charge in [0.25, 0.3) is 0 Å². The lowest BCUT2D eigenvalue weighted by Gasteiger charge is -2.25. The molecule has 0 unspecified atom stereocenters. The molecule has 0 atom stereocenters. The van der Waals surface area contributed by atoms with Gasteiger partial charge in [0.05, 0.1) is 22.9 Å². The minimum absolute atomic E-state index is 0.0282. The van der Waals surface area contributed by atoms with E-state index < -0.39 is 23.2 Å². The number of rotatable bonds is 7. The number of carbonyl (C=O) groups is 2. The predicted octanol–water partition coefficient (Wildman–Crippen LogP) is 6.20. The van der Waals surface area contributed by atoms with E-state index in [1.54, 1.807) is 23.0 Å². The lowest BCUT2D eigenvalue weighted by atomic mass is 9.94. The van der Waals surface area contributed by atoms with Gasteiger partial charge in [-0.25, -0.2) is 9.78 Å². The normalized spacial score (nSPS) is 14.2. The number of amides is 3. The molecule has 2 heterocycles. The fourth-order valence-corrected chi connectivity index (χ4v) is 4.92. The number of pyridine rings is 1. The van der Waals surface area contributed by atoms with E-state index in [1.807, 2.05) is 44.0 Å². The van der Waals surface area contributed by atoms with Gasteiger partial charge >= 0.3 is 12.2 Å². The molecule has 1 fully saturated rings. The van der Waals surface area contributed by atoms with E-state index in [9.17, 15) is 22.8 Å². The van der Waals surface area contributed by atoms with Gasteiger partial charge in [0, 0.05) is 36.9 Å². The van der Waals surface area contributed by atoms with Crippen molar-refractivity contribution in [2.75, 3.05) is 23.7 Å². The predicted molar refractivity (Wildman–Crippen MR) is 147 cm³/mol. The number of carbonyl (C=O) groups excluding carboxylic acids is 2. The van der Waals surface area contributed by atoms with Crippen molar-refractivity contribution in [3.63, 3.8) is 0 Å². The van der Waals surface area contributed by atoms with E-state index in [0.717, 1.165) is 47.2 Å². The molecule has 2 aromatic heterocycles. The van der Waals surface area contributed by atoms with Crippen LogP contribution in [0.25, 0.3) is 22.2 Å². The molecule has 1 aliphatic rings. The summed E-state index contributed by atoms with van der Waals surface area (Å²) in [5, 5.41) is 10.3. The van der Waals surface area contributed by atoms with Gasteiger partial charge in [0.1, 0.15) is 0 Å². The number of anilines is 2. The van der Waals surface area contributed by atoms with Gasteiger partial charge in [-0.3, -0.25) is 9.48 Å². The molecule has 2 N–H and O–H groups in total. The molecule has 8 nitrogen and oxygen atoms in total. The summed E-state index contributed by atoms with van der Waals surface area (Å²) in [5.41, 5.74) is 2.11. The maximum Gasteiger partial charge on any atom is 0.416 e. The Balaban J connectivity index is 1.40. The lowest BCUT2D eigenvalue weighted by Crippen LogP contribution is -2.39. The smallest absolute Gasteiger partial charge is 0.342 e. The van der Waals surface area contributed by atoms with Crippen LogP contribution in [-0.4, -0.2) is 44.7 Å². The minimum atomic E-state index is -4.51. The maximum atomic E-state index is 13.4. The van der Waals surface area contributed by atoms with Gasteiger partial charge in [-0.1, -0.05) is 18.2 Å². The number of nitrogens with one attached hydrogen (secondary N) is 2. The van der Waals surface area contributed by atoms with Crippen molar-refractivity contribution in [2.24, 2.45) is 7.05 Å². The van der Waals surface area contributed by atoms with E-state index in [0.29, 0.717) is 24.4 Å². The summed E-state index contributed by atoms with van der Waals surface area (Å²) >= 11 is 0. The van der Waals surface area contributed by atoms with E-state index in [4.69, 9.17) is 4.98 Å².